The summed E-state index contributed by atoms with van der Waals surface area (Å²) < 4.78 is 0. The highest BCUT2D eigenvalue weighted by Crippen LogP contribution is 2.36. The summed E-state index contributed by atoms with van der Waals surface area (Å²) in [5.74, 6) is -0.788. The van der Waals surface area contributed by atoms with Crippen molar-refractivity contribution in [3.8, 4) is 0 Å². The van der Waals surface area contributed by atoms with Crippen LogP contribution >= 0.6 is 0 Å². The van der Waals surface area contributed by atoms with Crippen molar-refractivity contribution in [2.75, 3.05) is 7.05 Å². The summed E-state index contributed by atoms with van der Waals surface area (Å²) in [4.78, 5) is 41.8. The zero-order valence-electron chi connectivity index (χ0n) is 21.0. The number of nitrogens with one attached hydrogen (secondary N) is 3. The normalized spacial score (nSPS) is 20.5. The van der Waals surface area contributed by atoms with Gasteiger partial charge in [-0.05, 0) is 61.4 Å². The lowest BCUT2D eigenvalue weighted by molar-refractivity contribution is -0.144. The summed E-state index contributed by atoms with van der Waals surface area (Å²) in [6, 6.07) is 14.0. The van der Waals surface area contributed by atoms with Gasteiger partial charge in [-0.15, -0.1) is 0 Å². The molecule has 1 heterocycles. The summed E-state index contributed by atoms with van der Waals surface area (Å²) >= 11 is 0. The zero-order valence-corrected chi connectivity index (χ0v) is 21.0. The standard InChI is InChI=1S/C28H36N4O3/c1-17(2)24(31-26(33)18(3)29-4)28(35)32-16-20-11-6-8-14-22(20)25(32)27(34)30-23-15-9-12-19-10-5-7-13-21(19)23/h5-8,10-11,13-14,17-18,23-25,29H,9,12,15-16H2,1-4H3,(H,30,34)(H,31,33)/t18-,23+,24-,25?/m0/s1. The maximum Gasteiger partial charge on any atom is 0.247 e. The van der Waals surface area contributed by atoms with E-state index in [-0.39, 0.29) is 29.7 Å². The molecule has 35 heavy (non-hydrogen) atoms. The highest BCUT2D eigenvalue weighted by molar-refractivity contribution is 5.94. The molecule has 4 atom stereocenters. The van der Waals surface area contributed by atoms with Crippen molar-refractivity contribution in [1.29, 1.82) is 0 Å². The molecule has 7 heteroatoms. The Bertz CT molecular complexity index is 1100. The van der Waals surface area contributed by atoms with Gasteiger partial charge < -0.3 is 20.9 Å². The molecule has 7 nitrogen and oxygen atoms in total. The number of rotatable bonds is 7. The minimum atomic E-state index is -0.729. The number of hydrogen-bond acceptors (Lipinski definition) is 4. The van der Waals surface area contributed by atoms with Gasteiger partial charge in [0.25, 0.3) is 0 Å². The fourth-order valence-electron chi connectivity index (χ4n) is 5.13. The first-order valence-electron chi connectivity index (χ1n) is 12.6. The molecular formula is C28H36N4O3. The largest absolute Gasteiger partial charge is 0.347 e. The van der Waals surface area contributed by atoms with E-state index in [1.54, 1.807) is 18.9 Å². The van der Waals surface area contributed by atoms with Gasteiger partial charge in [0.1, 0.15) is 12.1 Å². The average Bonchev–Trinajstić information content (AvgIpc) is 3.26. The molecule has 3 amide bonds. The first kappa shape index (κ1) is 24.9. The van der Waals surface area contributed by atoms with Gasteiger partial charge in [-0.3, -0.25) is 14.4 Å². The van der Waals surface area contributed by atoms with Crippen LogP contribution in [-0.4, -0.2) is 41.8 Å². The predicted molar refractivity (Wildman–Crippen MR) is 135 cm³/mol. The summed E-state index contributed by atoms with van der Waals surface area (Å²) in [6.45, 7) is 5.91. The number of carbonyl (C=O) groups excluding carboxylic acids is 3. The van der Waals surface area contributed by atoms with Gasteiger partial charge in [-0.2, -0.15) is 0 Å². The van der Waals surface area contributed by atoms with Crippen LogP contribution in [0.2, 0.25) is 0 Å². The number of aryl methyl sites for hydroxylation is 1. The number of likely N-dealkylation sites (N-methyl/N-ethyl adjacent to an activating group) is 1. The smallest absolute Gasteiger partial charge is 0.247 e. The maximum atomic E-state index is 13.8. The Kier molecular flexibility index (Phi) is 7.55. The lowest BCUT2D eigenvalue weighted by Crippen LogP contribution is -2.55. The zero-order chi connectivity index (χ0) is 25.1. The third kappa shape index (κ3) is 5.10. The topological polar surface area (TPSA) is 90.5 Å². The molecule has 0 fully saturated rings. The van der Waals surface area contributed by atoms with E-state index >= 15 is 0 Å². The van der Waals surface area contributed by atoms with Gasteiger partial charge in [0.2, 0.25) is 17.7 Å². The number of fused-ring (bicyclic) bond motifs is 2. The number of benzene rings is 2. The monoisotopic (exact) mass is 476 g/mol. The van der Waals surface area contributed by atoms with Crippen LogP contribution in [0.1, 0.15) is 68.0 Å². The Hall–Kier alpha value is -3.19. The van der Waals surface area contributed by atoms with Crippen LogP contribution in [0.5, 0.6) is 0 Å². The Morgan fingerprint density at radius 2 is 1.60 bits per heavy atom. The third-order valence-electron chi connectivity index (χ3n) is 7.28. The molecule has 1 aliphatic heterocycles. The molecule has 0 spiro atoms. The lowest BCUT2D eigenvalue weighted by atomic mass is 9.87. The van der Waals surface area contributed by atoms with Gasteiger partial charge in [-0.1, -0.05) is 62.4 Å². The van der Waals surface area contributed by atoms with Crippen molar-refractivity contribution in [2.24, 2.45) is 5.92 Å². The molecule has 186 valence electrons. The molecule has 4 rings (SSSR count). The lowest BCUT2D eigenvalue weighted by Gasteiger charge is -2.33. The Labute approximate surface area is 207 Å². The minimum Gasteiger partial charge on any atom is -0.347 e. The van der Waals surface area contributed by atoms with E-state index in [9.17, 15) is 14.4 Å². The van der Waals surface area contributed by atoms with E-state index in [1.807, 2.05) is 50.2 Å². The van der Waals surface area contributed by atoms with E-state index in [2.05, 4.69) is 28.1 Å². The molecule has 0 saturated heterocycles. The molecule has 2 aromatic carbocycles. The summed E-state index contributed by atoms with van der Waals surface area (Å²) in [5, 5.41) is 9.06. The Morgan fingerprint density at radius 1 is 0.943 bits per heavy atom. The quantitative estimate of drug-likeness (QED) is 0.573. The SMILES string of the molecule is CN[C@@H](C)C(=O)N[C@H](C(=O)N1Cc2ccccc2C1C(=O)N[C@@H]1CCCc2ccccc21)C(C)C. The molecule has 1 aliphatic carbocycles. The first-order chi connectivity index (χ1) is 16.8. The van der Waals surface area contributed by atoms with Crippen LogP contribution in [0.4, 0.5) is 0 Å². The molecule has 0 saturated carbocycles. The fourth-order valence-corrected chi connectivity index (χ4v) is 5.13. The first-order valence-corrected chi connectivity index (χ1v) is 12.6. The van der Waals surface area contributed by atoms with E-state index in [1.165, 1.54) is 5.56 Å². The maximum absolute atomic E-state index is 13.8. The average molecular weight is 477 g/mol. The Morgan fingerprint density at radius 3 is 2.29 bits per heavy atom. The van der Waals surface area contributed by atoms with Crippen LogP contribution in [0.3, 0.4) is 0 Å². The van der Waals surface area contributed by atoms with E-state index in [0.717, 1.165) is 36.0 Å². The van der Waals surface area contributed by atoms with Crippen molar-refractivity contribution in [3.05, 3.63) is 70.8 Å². The molecule has 0 radical (unpaired) electrons. The molecule has 2 aromatic rings. The van der Waals surface area contributed by atoms with Crippen molar-refractivity contribution >= 4 is 17.7 Å². The molecule has 3 N–H and O–H groups in total. The molecule has 2 aliphatic rings. The second-order valence-electron chi connectivity index (χ2n) is 9.96. The van der Waals surface area contributed by atoms with Crippen LogP contribution in [0, 0.1) is 5.92 Å². The number of hydrogen-bond donors (Lipinski definition) is 3. The third-order valence-corrected chi connectivity index (χ3v) is 7.28. The van der Waals surface area contributed by atoms with Crippen LogP contribution < -0.4 is 16.0 Å². The van der Waals surface area contributed by atoms with Crippen molar-refractivity contribution in [2.45, 2.75) is 70.7 Å². The second kappa shape index (κ2) is 10.6. The van der Waals surface area contributed by atoms with Gasteiger partial charge in [0, 0.05) is 6.54 Å². The Balaban J connectivity index is 1.60. The van der Waals surface area contributed by atoms with Crippen LogP contribution in [-0.2, 0) is 27.3 Å². The summed E-state index contributed by atoms with van der Waals surface area (Å²) in [5.41, 5.74) is 4.23. The number of nitrogens with zero attached hydrogens (tertiary/aromatic N) is 1. The van der Waals surface area contributed by atoms with Crippen molar-refractivity contribution in [3.63, 3.8) is 0 Å². The predicted octanol–water partition coefficient (Wildman–Crippen LogP) is 3.01. The molecular weight excluding hydrogens is 440 g/mol. The van der Waals surface area contributed by atoms with Gasteiger partial charge in [0.05, 0.1) is 12.1 Å². The highest BCUT2D eigenvalue weighted by Gasteiger charge is 2.42. The van der Waals surface area contributed by atoms with Crippen LogP contribution in [0.15, 0.2) is 48.5 Å². The van der Waals surface area contributed by atoms with Crippen molar-refractivity contribution in [1.82, 2.24) is 20.9 Å². The van der Waals surface area contributed by atoms with Gasteiger partial charge in [-0.25, -0.2) is 0 Å². The molecule has 1 unspecified atom stereocenters. The van der Waals surface area contributed by atoms with Gasteiger partial charge in [0.15, 0.2) is 0 Å². The summed E-state index contributed by atoms with van der Waals surface area (Å²) in [7, 11) is 1.71. The minimum absolute atomic E-state index is 0.0748. The number of carbonyl (C=O) groups is 3. The second-order valence-corrected chi connectivity index (χ2v) is 9.96. The summed E-state index contributed by atoms with van der Waals surface area (Å²) in [6.07, 6.45) is 2.90. The van der Waals surface area contributed by atoms with Gasteiger partial charge >= 0.3 is 0 Å². The fraction of sp³-hybridized carbons (Fsp3) is 0.464. The molecule has 0 bridgehead atoms. The number of amides is 3. The molecule has 0 aromatic heterocycles. The van der Waals surface area contributed by atoms with E-state index < -0.39 is 18.1 Å². The van der Waals surface area contributed by atoms with Crippen LogP contribution in [0.25, 0.3) is 0 Å². The van der Waals surface area contributed by atoms with E-state index in [4.69, 9.17) is 0 Å². The van der Waals surface area contributed by atoms with Crippen molar-refractivity contribution < 1.29 is 14.4 Å². The van der Waals surface area contributed by atoms with E-state index in [0.29, 0.717) is 6.54 Å². The highest BCUT2D eigenvalue weighted by atomic mass is 16.2.